The van der Waals surface area contributed by atoms with Gasteiger partial charge in [0.1, 0.15) is 0 Å². The first-order valence-corrected chi connectivity index (χ1v) is 8.19. The van der Waals surface area contributed by atoms with Crippen molar-refractivity contribution in [1.29, 1.82) is 0 Å². The molecule has 122 valence electrons. The average Bonchev–Trinajstić information content (AvgIpc) is 2.58. The summed E-state index contributed by atoms with van der Waals surface area (Å²) in [7, 11) is 0. The smallest absolute Gasteiger partial charge is 0.224 e. The third-order valence-electron chi connectivity index (χ3n) is 4.03. The molecular formula is C17H27N3O2. The predicted octanol–water partition coefficient (Wildman–Crippen LogP) is 2.19. The van der Waals surface area contributed by atoms with Crippen molar-refractivity contribution in [3.63, 3.8) is 0 Å². The van der Waals surface area contributed by atoms with Gasteiger partial charge in [0, 0.05) is 50.5 Å². The molecule has 2 rings (SSSR count). The lowest BCUT2D eigenvalue weighted by Gasteiger charge is -2.27. The summed E-state index contributed by atoms with van der Waals surface area (Å²) in [5.74, 6) is 0.204. The Morgan fingerprint density at radius 3 is 2.41 bits per heavy atom. The number of rotatable bonds is 7. The van der Waals surface area contributed by atoms with Crippen molar-refractivity contribution in [2.45, 2.75) is 20.3 Å². The fourth-order valence-corrected chi connectivity index (χ4v) is 2.66. The van der Waals surface area contributed by atoms with Crippen LogP contribution in [0.25, 0.3) is 0 Å². The van der Waals surface area contributed by atoms with Gasteiger partial charge in [-0.2, -0.15) is 0 Å². The monoisotopic (exact) mass is 305 g/mol. The van der Waals surface area contributed by atoms with Crippen LogP contribution in [0, 0.1) is 0 Å². The number of anilines is 2. The molecule has 1 aliphatic rings. The summed E-state index contributed by atoms with van der Waals surface area (Å²) in [6.07, 6.45) is 0.526. The van der Waals surface area contributed by atoms with Gasteiger partial charge in [0.25, 0.3) is 0 Å². The number of hydrogen-bond donors (Lipinski definition) is 1. The molecule has 0 saturated carbocycles. The molecule has 1 heterocycles. The van der Waals surface area contributed by atoms with E-state index >= 15 is 0 Å². The summed E-state index contributed by atoms with van der Waals surface area (Å²) in [6.45, 7) is 9.77. The SMILES string of the molecule is CCN(CC)c1ccc(NCCC(=O)N2CCOCC2)cc1. The highest BCUT2D eigenvalue weighted by Crippen LogP contribution is 2.17. The molecule has 22 heavy (non-hydrogen) atoms. The summed E-state index contributed by atoms with van der Waals surface area (Å²) in [5.41, 5.74) is 2.30. The highest BCUT2D eigenvalue weighted by molar-refractivity contribution is 5.76. The summed E-state index contributed by atoms with van der Waals surface area (Å²) in [5, 5.41) is 3.32. The minimum atomic E-state index is 0.204. The van der Waals surface area contributed by atoms with Crippen LogP contribution in [0.3, 0.4) is 0 Å². The van der Waals surface area contributed by atoms with E-state index in [9.17, 15) is 4.79 Å². The Labute approximate surface area is 133 Å². The van der Waals surface area contributed by atoms with Crippen molar-refractivity contribution in [3.05, 3.63) is 24.3 Å². The van der Waals surface area contributed by atoms with Crippen molar-refractivity contribution in [3.8, 4) is 0 Å². The first kappa shape index (κ1) is 16.6. The van der Waals surface area contributed by atoms with Gasteiger partial charge >= 0.3 is 0 Å². The summed E-state index contributed by atoms with van der Waals surface area (Å²) >= 11 is 0. The normalized spacial score (nSPS) is 14.7. The Morgan fingerprint density at radius 1 is 1.18 bits per heavy atom. The zero-order valence-corrected chi connectivity index (χ0v) is 13.7. The van der Waals surface area contributed by atoms with Crippen molar-refractivity contribution >= 4 is 17.3 Å². The summed E-state index contributed by atoms with van der Waals surface area (Å²) < 4.78 is 5.26. The van der Waals surface area contributed by atoms with Gasteiger partial charge in [0.2, 0.25) is 5.91 Å². The molecule has 1 N–H and O–H groups in total. The lowest BCUT2D eigenvalue weighted by atomic mass is 10.2. The van der Waals surface area contributed by atoms with Crippen LogP contribution in [0.2, 0.25) is 0 Å². The van der Waals surface area contributed by atoms with Gasteiger partial charge in [-0.1, -0.05) is 0 Å². The van der Waals surface area contributed by atoms with Crippen LogP contribution in [0.5, 0.6) is 0 Å². The number of nitrogens with zero attached hydrogens (tertiary/aromatic N) is 2. The van der Waals surface area contributed by atoms with Gasteiger partial charge in [0.05, 0.1) is 13.2 Å². The number of morpholine rings is 1. The molecule has 1 fully saturated rings. The molecule has 5 heteroatoms. The highest BCUT2D eigenvalue weighted by Gasteiger charge is 2.15. The molecule has 0 unspecified atom stereocenters. The van der Waals surface area contributed by atoms with Crippen LogP contribution in [-0.4, -0.2) is 56.7 Å². The summed E-state index contributed by atoms with van der Waals surface area (Å²) in [6, 6.07) is 8.40. The molecule has 0 radical (unpaired) electrons. The highest BCUT2D eigenvalue weighted by atomic mass is 16.5. The standard InChI is InChI=1S/C17H27N3O2/c1-3-19(4-2)16-7-5-15(6-8-16)18-10-9-17(21)20-11-13-22-14-12-20/h5-8,18H,3-4,9-14H2,1-2H3. The number of amides is 1. The fourth-order valence-electron chi connectivity index (χ4n) is 2.66. The Balaban J connectivity index is 1.75. The molecule has 5 nitrogen and oxygen atoms in total. The van der Waals surface area contributed by atoms with E-state index in [-0.39, 0.29) is 5.91 Å². The van der Waals surface area contributed by atoms with Crippen LogP contribution in [0.1, 0.15) is 20.3 Å². The van der Waals surface area contributed by atoms with E-state index in [0.29, 0.717) is 26.2 Å². The average molecular weight is 305 g/mol. The molecule has 1 aromatic carbocycles. The van der Waals surface area contributed by atoms with Gasteiger partial charge in [-0.15, -0.1) is 0 Å². The van der Waals surface area contributed by atoms with Crippen LogP contribution in [0.15, 0.2) is 24.3 Å². The molecule has 1 amide bonds. The maximum atomic E-state index is 12.0. The van der Waals surface area contributed by atoms with E-state index < -0.39 is 0 Å². The van der Waals surface area contributed by atoms with Crippen molar-refractivity contribution in [1.82, 2.24) is 4.90 Å². The second-order valence-corrected chi connectivity index (χ2v) is 5.39. The second kappa shape index (κ2) is 8.63. The largest absolute Gasteiger partial charge is 0.385 e. The van der Waals surface area contributed by atoms with Crippen molar-refractivity contribution < 1.29 is 9.53 Å². The van der Waals surface area contributed by atoms with Crippen LogP contribution < -0.4 is 10.2 Å². The van der Waals surface area contributed by atoms with Crippen LogP contribution in [-0.2, 0) is 9.53 Å². The zero-order valence-electron chi connectivity index (χ0n) is 13.7. The molecule has 1 aliphatic heterocycles. The molecular weight excluding hydrogens is 278 g/mol. The molecule has 1 aromatic rings. The van der Waals surface area contributed by atoms with Gasteiger partial charge in [-0.3, -0.25) is 4.79 Å². The topological polar surface area (TPSA) is 44.8 Å². The van der Waals surface area contributed by atoms with E-state index in [0.717, 1.165) is 31.9 Å². The van der Waals surface area contributed by atoms with E-state index in [4.69, 9.17) is 4.74 Å². The number of nitrogens with one attached hydrogen (secondary N) is 1. The second-order valence-electron chi connectivity index (χ2n) is 5.39. The minimum Gasteiger partial charge on any atom is -0.385 e. The molecule has 0 bridgehead atoms. The maximum absolute atomic E-state index is 12.0. The maximum Gasteiger partial charge on any atom is 0.224 e. The number of carbonyl (C=O) groups is 1. The van der Waals surface area contributed by atoms with Crippen LogP contribution >= 0.6 is 0 Å². The Kier molecular flexibility index (Phi) is 6.52. The third-order valence-corrected chi connectivity index (χ3v) is 4.03. The van der Waals surface area contributed by atoms with E-state index in [1.807, 2.05) is 4.90 Å². The number of hydrogen-bond acceptors (Lipinski definition) is 4. The molecule has 0 atom stereocenters. The Morgan fingerprint density at radius 2 is 1.82 bits per heavy atom. The molecule has 1 saturated heterocycles. The quantitative estimate of drug-likeness (QED) is 0.839. The first-order chi connectivity index (χ1) is 10.7. The van der Waals surface area contributed by atoms with Crippen LogP contribution in [0.4, 0.5) is 11.4 Å². The number of benzene rings is 1. The van der Waals surface area contributed by atoms with E-state index in [2.05, 4.69) is 48.3 Å². The lowest BCUT2D eigenvalue weighted by Crippen LogP contribution is -2.41. The third kappa shape index (κ3) is 4.63. The summed E-state index contributed by atoms with van der Waals surface area (Å²) in [4.78, 5) is 16.2. The fraction of sp³-hybridized carbons (Fsp3) is 0.588. The lowest BCUT2D eigenvalue weighted by molar-refractivity contribution is -0.134. The Bertz CT molecular complexity index is 451. The van der Waals surface area contributed by atoms with Gasteiger partial charge in [0.15, 0.2) is 0 Å². The molecule has 0 aromatic heterocycles. The first-order valence-electron chi connectivity index (χ1n) is 8.19. The van der Waals surface area contributed by atoms with E-state index in [1.54, 1.807) is 0 Å². The zero-order chi connectivity index (χ0) is 15.8. The number of carbonyl (C=O) groups excluding carboxylic acids is 1. The van der Waals surface area contributed by atoms with Gasteiger partial charge in [-0.25, -0.2) is 0 Å². The van der Waals surface area contributed by atoms with Gasteiger partial charge in [-0.05, 0) is 38.1 Å². The molecule has 0 aliphatic carbocycles. The van der Waals surface area contributed by atoms with Crippen molar-refractivity contribution in [2.24, 2.45) is 0 Å². The minimum absolute atomic E-state index is 0.204. The van der Waals surface area contributed by atoms with Crippen molar-refractivity contribution in [2.75, 3.05) is 56.2 Å². The number of ether oxygens (including phenoxy) is 1. The Hall–Kier alpha value is -1.75. The molecule has 0 spiro atoms. The van der Waals surface area contributed by atoms with E-state index in [1.165, 1.54) is 5.69 Å². The predicted molar refractivity (Wildman–Crippen MR) is 90.5 cm³/mol. The van der Waals surface area contributed by atoms with Gasteiger partial charge < -0.3 is 19.9 Å².